The third-order valence-electron chi connectivity index (χ3n) is 3.10. The largest absolute Gasteiger partial charge is 0.250 e. The first-order valence-electron chi connectivity index (χ1n) is 5.70. The first-order valence-corrected chi connectivity index (χ1v) is 7.12. The van der Waals surface area contributed by atoms with Gasteiger partial charge in [-0.05, 0) is 18.3 Å². The molecule has 0 aliphatic rings. The zero-order valence-electron chi connectivity index (χ0n) is 9.63. The average Bonchev–Trinajstić information content (AvgIpc) is 2.77. The summed E-state index contributed by atoms with van der Waals surface area (Å²) in [6.07, 6.45) is 7.82. The van der Waals surface area contributed by atoms with E-state index in [1.165, 1.54) is 24.3 Å². The normalized spacial score (nSPS) is 15.1. The van der Waals surface area contributed by atoms with Crippen LogP contribution in [0.15, 0.2) is 11.6 Å². The van der Waals surface area contributed by atoms with Crippen LogP contribution < -0.4 is 0 Å². The fourth-order valence-electron chi connectivity index (χ4n) is 1.81. The highest BCUT2D eigenvalue weighted by Gasteiger charge is 2.27. The molecule has 1 nitrogen and oxygen atoms in total. The highest BCUT2D eigenvalue weighted by molar-refractivity contribution is 7.09. The number of nitrogens with zero attached hydrogens (tertiary/aromatic N) is 1. The van der Waals surface area contributed by atoms with Crippen LogP contribution in [0.25, 0.3) is 0 Å². The fourth-order valence-corrected chi connectivity index (χ4v) is 3.02. The maximum Gasteiger partial charge on any atom is 0.0930 e. The number of hydrogen-bond donors (Lipinski definition) is 0. The van der Waals surface area contributed by atoms with Crippen molar-refractivity contribution in [3.05, 3.63) is 16.6 Å². The van der Waals surface area contributed by atoms with Crippen molar-refractivity contribution in [1.29, 1.82) is 0 Å². The molecule has 0 spiro atoms. The molecule has 1 aromatic rings. The number of alkyl halides is 1. The molecule has 15 heavy (non-hydrogen) atoms. The molecular formula is C12H20ClNS. The van der Waals surface area contributed by atoms with Gasteiger partial charge in [0.1, 0.15) is 0 Å². The van der Waals surface area contributed by atoms with E-state index < -0.39 is 0 Å². The second-order valence-electron chi connectivity index (χ2n) is 4.19. The lowest BCUT2D eigenvalue weighted by molar-refractivity contribution is 0.279. The predicted octanol–water partition coefficient (Wildman–Crippen LogP) is 4.51. The Morgan fingerprint density at radius 3 is 2.73 bits per heavy atom. The first-order chi connectivity index (χ1) is 7.26. The van der Waals surface area contributed by atoms with Crippen LogP contribution >= 0.6 is 22.9 Å². The van der Waals surface area contributed by atoms with Gasteiger partial charge >= 0.3 is 0 Å². The highest BCUT2D eigenvalue weighted by atomic mass is 35.5. The van der Waals surface area contributed by atoms with Gasteiger partial charge in [-0.1, -0.05) is 26.7 Å². The van der Waals surface area contributed by atoms with Gasteiger partial charge in [0.05, 0.1) is 5.01 Å². The molecule has 86 valence electrons. The summed E-state index contributed by atoms with van der Waals surface area (Å²) in [6, 6.07) is 0. The van der Waals surface area contributed by atoms with E-state index >= 15 is 0 Å². The highest BCUT2D eigenvalue weighted by Crippen LogP contribution is 2.34. The van der Waals surface area contributed by atoms with Crippen molar-refractivity contribution in [2.24, 2.45) is 5.41 Å². The summed E-state index contributed by atoms with van der Waals surface area (Å²) >= 11 is 7.90. The van der Waals surface area contributed by atoms with Crippen LogP contribution in [0.2, 0.25) is 0 Å². The fraction of sp³-hybridized carbons (Fsp3) is 0.750. The molecule has 0 radical (unpaired) electrons. The van der Waals surface area contributed by atoms with Crippen LogP contribution in [-0.4, -0.2) is 10.9 Å². The van der Waals surface area contributed by atoms with Gasteiger partial charge in [-0.3, -0.25) is 0 Å². The Morgan fingerprint density at radius 2 is 2.27 bits per heavy atom. The van der Waals surface area contributed by atoms with Crippen molar-refractivity contribution >= 4 is 22.9 Å². The lowest BCUT2D eigenvalue weighted by Gasteiger charge is -2.29. The molecule has 1 rings (SSSR count). The van der Waals surface area contributed by atoms with Gasteiger partial charge in [0.15, 0.2) is 0 Å². The molecule has 0 aliphatic heterocycles. The summed E-state index contributed by atoms with van der Waals surface area (Å²) in [7, 11) is 0. The first kappa shape index (κ1) is 13.0. The third-order valence-corrected chi connectivity index (χ3v) is 4.45. The van der Waals surface area contributed by atoms with E-state index in [1.807, 2.05) is 11.6 Å². The lowest BCUT2D eigenvalue weighted by atomic mass is 9.79. The molecular weight excluding hydrogens is 226 g/mol. The summed E-state index contributed by atoms with van der Waals surface area (Å²) in [6.45, 7) is 4.48. The van der Waals surface area contributed by atoms with E-state index in [1.54, 1.807) is 11.3 Å². The van der Waals surface area contributed by atoms with Gasteiger partial charge < -0.3 is 0 Å². The molecule has 1 atom stereocenters. The van der Waals surface area contributed by atoms with Crippen LogP contribution in [0.1, 0.15) is 44.5 Å². The minimum Gasteiger partial charge on any atom is -0.250 e. The van der Waals surface area contributed by atoms with Crippen molar-refractivity contribution in [2.75, 3.05) is 5.88 Å². The van der Waals surface area contributed by atoms with E-state index in [-0.39, 0.29) is 5.41 Å². The molecule has 3 heteroatoms. The van der Waals surface area contributed by atoms with Crippen molar-refractivity contribution in [3.8, 4) is 0 Å². The summed E-state index contributed by atoms with van der Waals surface area (Å²) < 4.78 is 0. The molecule has 1 heterocycles. The van der Waals surface area contributed by atoms with E-state index in [9.17, 15) is 0 Å². The smallest absolute Gasteiger partial charge is 0.0930 e. The number of aromatic nitrogens is 1. The second kappa shape index (κ2) is 6.49. The van der Waals surface area contributed by atoms with E-state index in [4.69, 9.17) is 11.6 Å². The number of unbranched alkanes of at least 4 members (excludes halogenated alkanes) is 1. The van der Waals surface area contributed by atoms with E-state index in [2.05, 4.69) is 18.8 Å². The second-order valence-corrected chi connectivity index (χ2v) is 5.44. The summed E-state index contributed by atoms with van der Waals surface area (Å²) in [4.78, 5) is 4.36. The monoisotopic (exact) mass is 245 g/mol. The maximum atomic E-state index is 6.15. The van der Waals surface area contributed by atoms with Crippen molar-refractivity contribution in [1.82, 2.24) is 4.98 Å². The van der Waals surface area contributed by atoms with Crippen molar-refractivity contribution in [3.63, 3.8) is 0 Å². The van der Waals surface area contributed by atoms with Gasteiger partial charge in [-0.25, -0.2) is 4.98 Å². The van der Waals surface area contributed by atoms with Crippen LogP contribution in [0.3, 0.4) is 0 Å². The third kappa shape index (κ3) is 3.76. The molecule has 1 unspecified atom stereocenters. The average molecular weight is 246 g/mol. The summed E-state index contributed by atoms with van der Waals surface area (Å²) in [5.41, 5.74) is 0.273. The standard InChI is InChI=1S/C12H20ClNS/c1-3-5-6-12(4-2,10-13)9-11-14-7-8-15-11/h7-8H,3-6,9-10H2,1-2H3. The Morgan fingerprint density at radius 1 is 1.47 bits per heavy atom. The molecule has 0 fully saturated rings. The number of hydrogen-bond acceptors (Lipinski definition) is 2. The van der Waals surface area contributed by atoms with Gasteiger partial charge in [-0.15, -0.1) is 22.9 Å². The Hall–Kier alpha value is -0.0800. The number of rotatable bonds is 7. The molecule has 0 bridgehead atoms. The molecule has 1 aromatic heterocycles. The predicted molar refractivity (Wildman–Crippen MR) is 68.8 cm³/mol. The Balaban J connectivity index is 2.63. The number of halogens is 1. The molecule has 0 amide bonds. The van der Waals surface area contributed by atoms with Crippen LogP contribution in [0.4, 0.5) is 0 Å². The maximum absolute atomic E-state index is 6.15. The molecule has 0 aliphatic carbocycles. The van der Waals surface area contributed by atoms with Crippen LogP contribution in [0, 0.1) is 5.41 Å². The van der Waals surface area contributed by atoms with Gasteiger partial charge in [0, 0.05) is 23.9 Å². The Labute approximate surface area is 102 Å². The quantitative estimate of drug-likeness (QED) is 0.644. The Kier molecular flexibility index (Phi) is 5.62. The summed E-state index contributed by atoms with van der Waals surface area (Å²) in [5, 5.41) is 3.28. The molecule has 0 aromatic carbocycles. The van der Waals surface area contributed by atoms with Crippen LogP contribution in [-0.2, 0) is 6.42 Å². The zero-order chi connectivity index (χ0) is 11.1. The lowest BCUT2D eigenvalue weighted by Crippen LogP contribution is -2.25. The van der Waals surface area contributed by atoms with Gasteiger partial charge in [-0.2, -0.15) is 0 Å². The number of thiazole rings is 1. The van der Waals surface area contributed by atoms with Gasteiger partial charge in [0.2, 0.25) is 0 Å². The molecule has 0 saturated heterocycles. The topological polar surface area (TPSA) is 12.9 Å². The zero-order valence-corrected chi connectivity index (χ0v) is 11.2. The van der Waals surface area contributed by atoms with Crippen LogP contribution in [0.5, 0.6) is 0 Å². The van der Waals surface area contributed by atoms with Crippen molar-refractivity contribution < 1.29 is 0 Å². The minimum absolute atomic E-state index is 0.273. The van der Waals surface area contributed by atoms with E-state index in [0.717, 1.165) is 18.7 Å². The van der Waals surface area contributed by atoms with Crippen molar-refractivity contribution in [2.45, 2.75) is 46.0 Å². The SMILES string of the molecule is CCCCC(CC)(CCl)Cc1nccs1. The molecule has 0 saturated carbocycles. The van der Waals surface area contributed by atoms with Gasteiger partial charge in [0.25, 0.3) is 0 Å². The Bertz CT molecular complexity index is 255. The summed E-state index contributed by atoms with van der Waals surface area (Å²) in [5.74, 6) is 0.753. The molecule has 0 N–H and O–H groups in total. The minimum atomic E-state index is 0.273. The van der Waals surface area contributed by atoms with E-state index in [0.29, 0.717) is 0 Å².